The van der Waals surface area contributed by atoms with Crippen molar-refractivity contribution in [2.45, 2.75) is 19.4 Å². The maximum atomic E-state index is 11.4. The molecule has 5 heteroatoms. The van der Waals surface area contributed by atoms with Gasteiger partial charge in [0, 0.05) is 13.1 Å². The molecule has 2 aromatic rings. The minimum absolute atomic E-state index is 0.326. The fourth-order valence-electron chi connectivity index (χ4n) is 2.76. The van der Waals surface area contributed by atoms with Gasteiger partial charge in [-0.25, -0.2) is 5.84 Å². The molecular formula is C16H19N3O2. The Hall–Kier alpha value is -2.11. The number of nitrogens with one attached hydrogen (secondary N) is 1. The Morgan fingerprint density at radius 2 is 1.90 bits per heavy atom. The van der Waals surface area contributed by atoms with E-state index in [9.17, 15) is 4.79 Å². The predicted octanol–water partition coefficient (Wildman–Crippen LogP) is 1.48. The molecular weight excluding hydrogens is 266 g/mol. The lowest BCUT2D eigenvalue weighted by Crippen LogP contribution is -2.29. The third kappa shape index (κ3) is 3.15. The Morgan fingerprint density at radius 1 is 1.24 bits per heavy atom. The zero-order valence-corrected chi connectivity index (χ0v) is 11.8. The Bertz CT molecular complexity index is 609. The van der Waals surface area contributed by atoms with Gasteiger partial charge in [-0.2, -0.15) is 0 Å². The number of hydrogen-bond donors (Lipinski definition) is 2. The van der Waals surface area contributed by atoms with Crippen LogP contribution in [0.4, 0.5) is 0 Å². The number of benzene rings is 1. The molecule has 21 heavy (non-hydrogen) atoms. The van der Waals surface area contributed by atoms with E-state index in [1.807, 2.05) is 0 Å². The van der Waals surface area contributed by atoms with Gasteiger partial charge in [0.25, 0.3) is 5.91 Å². The fraction of sp³-hybridized carbons (Fsp3) is 0.312. The van der Waals surface area contributed by atoms with Crippen LogP contribution in [0.2, 0.25) is 0 Å². The molecule has 0 fully saturated rings. The van der Waals surface area contributed by atoms with E-state index < -0.39 is 0 Å². The summed E-state index contributed by atoms with van der Waals surface area (Å²) in [6.07, 6.45) is 3.55. The molecule has 1 aromatic carbocycles. The van der Waals surface area contributed by atoms with Crippen molar-refractivity contribution in [3.8, 4) is 0 Å². The lowest BCUT2D eigenvalue weighted by atomic mass is 10.0. The van der Waals surface area contributed by atoms with Crippen molar-refractivity contribution in [3.63, 3.8) is 0 Å². The summed E-state index contributed by atoms with van der Waals surface area (Å²) < 4.78 is 5.45. The monoisotopic (exact) mass is 285 g/mol. The lowest BCUT2D eigenvalue weighted by molar-refractivity contribution is 0.0953. The number of hydrazine groups is 1. The maximum Gasteiger partial charge on any atom is 0.268 e. The van der Waals surface area contributed by atoms with E-state index in [1.165, 1.54) is 17.4 Å². The third-order valence-electron chi connectivity index (χ3n) is 3.94. The number of carbonyl (C=O) groups excluding carboxylic acids is 1. The second kappa shape index (κ2) is 6.11. The van der Waals surface area contributed by atoms with Gasteiger partial charge in [0.05, 0.1) is 12.1 Å². The molecule has 0 aliphatic carbocycles. The predicted molar refractivity (Wildman–Crippen MR) is 79.5 cm³/mol. The molecule has 1 aliphatic rings. The van der Waals surface area contributed by atoms with Crippen LogP contribution in [0.15, 0.2) is 41.0 Å². The number of rotatable bonds is 3. The molecule has 0 atom stereocenters. The maximum absolute atomic E-state index is 11.4. The normalized spacial score (nSPS) is 15.3. The third-order valence-corrected chi connectivity index (χ3v) is 3.94. The molecule has 1 aromatic heterocycles. The molecule has 1 amide bonds. The first-order valence-electron chi connectivity index (χ1n) is 7.14. The second-order valence-corrected chi connectivity index (χ2v) is 5.32. The summed E-state index contributed by atoms with van der Waals surface area (Å²) in [5.41, 5.74) is 5.44. The summed E-state index contributed by atoms with van der Waals surface area (Å²) in [7, 11) is 0. The molecule has 2 heterocycles. The Labute approximate surface area is 123 Å². The SMILES string of the molecule is NNC(=O)c1coc(CN2CCc3ccccc3CC2)c1. The van der Waals surface area contributed by atoms with Crippen molar-refractivity contribution in [3.05, 3.63) is 59.0 Å². The van der Waals surface area contributed by atoms with Crippen LogP contribution in [0, 0.1) is 0 Å². The summed E-state index contributed by atoms with van der Waals surface area (Å²) in [5, 5.41) is 0. The van der Waals surface area contributed by atoms with E-state index in [-0.39, 0.29) is 5.91 Å². The average Bonchev–Trinajstić information content (AvgIpc) is 2.88. The summed E-state index contributed by atoms with van der Waals surface area (Å²) in [5.74, 6) is 5.58. The van der Waals surface area contributed by atoms with E-state index in [1.54, 1.807) is 6.07 Å². The van der Waals surface area contributed by atoms with Crippen LogP contribution < -0.4 is 11.3 Å². The van der Waals surface area contributed by atoms with Crippen LogP contribution in [0.1, 0.15) is 27.2 Å². The summed E-state index contributed by atoms with van der Waals surface area (Å²) in [4.78, 5) is 13.8. The van der Waals surface area contributed by atoms with Crippen LogP contribution in [0.25, 0.3) is 0 Å². The van der Waals surface area contributed by atoms with E-state index in [2.05, 4.69) is 34.6 Å². The average molecular weight is 285 g/mol. The zero-order valence-electron chi connectivity index (χ0n) is 11.8. The van der Waals surface area contributed by atoms with Gasteiger partial charge >= 0.3 is 0 Å². The number of hydrogen-bond acceptors (Lipinski definition) is 4. The number of carbonyl (C=O) groups is 1. The highest BCUT2D eigenvalue weighted by Gasteiger charge is 2.16. The highest BCUT2D eigenvalue weighted by atomic mass is 16.3. The molecule has 0 radical (unpaired) electrons. The van der Waals surface area contributed by atoms with Gasteiger partial charge in [-0.1, -0.05) is 24.3 Å². The highest BCUT2D eigenvalue weighted by molar-refractivity contribution is 5.93. The van der Waals surface area contributed by atoms with E-state index in [0.717, 1.165) is 31.7 Å². The highest BCUT2D eigenvalue weighted by Crippen LogP contribution is 2.18. The van der Waals surface area contributed by atoms with Crippen molar-refractivity contribution in [2.24, 2.45) is 5.84 Å². The molecule has 0 saturated heterocycles. The van der Waals surface area contributed by atoms with Gasteiger partial charge in [-0.3, -0.25) is 15.1 Å². The van der Waals surface area contributed by atoms with Crippen LogP contribution in [0.5, 0.6) is 0 Å². The van der Waals surface area contributed by atoms with Crippen LogP contribution in [-0.4, -0.2) is 23.9 Å². The largest absolute Gasteiger partial charge is 0.467 e. The van der Waals surface area contributed by atoms with Gasteiger partial charge in [-0.05, 0) is 30.0 Å². The molecule has 0 bridgehead atoms. The topological polar surface area (TPSA) is 71.5 Å². The second-order valence-electron chi connectivity index (χ2n) is 5.32. The first kappa shape index (κ1) is 13.9. The molecule has 5 nitrogen and oxygen atoms in total. The first-order valence-corrected chi connectivity index (χ1v) is 7.14. The smallest absolute Gasteiger partial charge is 0.268 e. The Morgan fingerprint density at radius 3 is 2.52 bits per heavy atom. The first-order chi connectivity index (χ1) is 10.3. The molecule has 1 aliphatic heterocycles. The number of fused-ring (bicyclic) bond motifs is 1. The fourth-order valence-corrected chi connectivity index (χ4v) is 2.76. The Kier molecular flexibility index (Phi) is 4.03. The molecule has 3 rings (SSSR count). The summed E-state index contributed by atoms with van der Waals surface area (Å²) in [6, 6.07) is 10.3. The molecule has 0 saturated carbocycles. The van der Waals surface area contributed by atoms with E-state index in [4.69, 9.17) is 10.3 Å². The molecule has 0 unspecified atom stereocenters. The molecule has 0 spiro atoms. The number of amides is 1. The van der Waals surface area contributed by atoms with Crippen molar-refractivity contribution in [1.82, 2.24) is 10.3 Å². The lowest BCUT2D eigenvalue weighted by Gasteiger charge is -2.17. The number of nitrogens with zero attached hydrogens (tertiary/aromatic N) is 1. The van der Waals surface area contributed by atoms with Crippen molar-refractivity contribution in [2.75, 3.05) is 13.1 Å². The number of nitrogen functional groups attached to an aromatic ring is 1. The van der Waals surface area contributed by atoms with Crippen LogP contribution in [0.3, 0.4) is 0 Å². The van der Waals surface area contributed by atoms with Gasteiger partial charge in [-0.15, -0.1) is 0 Å². The summed E-state index contributed by atoms with van der Waals surface area (Å²) in [6.45, 7) is 2.71. The van der Waals surface area contributed by atoms with E-state index >= 15 is 0 Å². The van der Waals surface area contributed by atoms with Crippen molar-refractivity contribution >= 4 is 5.91 Å². The zero-order chi connectivity index (χ0) is 14.7. The number of nitrogens with two attached hydrogens (primary N) is 1. The van der Waals surface area contributed by atoms with Crippen LogP contribution in [-0.2, 0) is 19.4 Å². The standard InChI is InChI=1S/C16H19N3O2/c17-18-16(20)14-9-15(21-11-14)10-19-7-5-12-3-1-2-4-13(12)6-8-19/h1-4,9,11H,5-8,10,17H2,(H,18,20). The quantitative estimate of drug-likeness (QED) is 0.509. The van der Waals surface area contributed by atoms with Crippen LogP contribution >= 0.6 is 0 Å². The van der Waals surface area contributed by atoms with Gasteiger partial charge < -0.3 is 4.42 Å². The van der Waals surface area contributed by atoms with Crippen molar-refractivity contribution in [1.29, 1.82) is 0 Å². The van der Waals surface area contributed by atoms with Crippen molar-refractivity contribution < 1.29 is 9.21 Å². The van der Waals surface area contributed by atoms with Gasteiger partial charge in [0.1, 0.15) is 12.0 Å². The van der Waals surface area contributed by atoms with Gasteiger partial charge in [0.15, 0.2) is 0 Å². The minimum atomic E-state index is -0.326. The molecule has 3 N–H and O–H groups in total. The van der Waals surface area contributed by atoms with Gasteiger partial charge in [0.2, 0.25) is 0 Å². The van der Waals surface area contributed by atoms with E-state index in [0.29, 0.717) is 12.1 Å². The minimum Gasteiger partial charge on any atom is -0.467 e. The number of furan rings is 1. The summed E-state index contributed by atoms with van der Waals surface area (Å²) >= 11 is 0. The molecule has 110 valence electrons. The Balaban J connectivity index is 1.64.